The Labute approximate surface area is 206 Å². The van der Waals surface area contributed by atoms with E-state index in [0.29, 0.717) is 38.9 Å². The lowest BCUT2D eigenvalue weighted by atomic mass is 10.00. The number of thiophene rings is 1. The summed E-state index contributed by atoms with van der Waals surface area (Å²) in [6, 6.07) is 8.58. The Morgan fingerprint density at radius 3 is 2.91 bits per heavy atom. The number of rotatable bonds is 12. The fraction of sp³-hybridized carbons (Fsp3) is 0.519. The van der Waals surface area contributed by atoms with Gasteiger partial charge in [0.2, 0.25) is 5.91 Å². The lowest BCUT2D eigenvalue weighted by Crippen LogP contribution is -2.48. The van der Waals surface area contributed by atoms with Crippen LogP contribution in [0.3, 0.4) is 0 Å². The van der Waals surface area contributed by atoms with Gasteiger partial charge >= 0.3 is 0 Å². The molecule has 2 aliphatic rings. The summed E-state index contributed by atoms with van der Waals surface area (Å²) in [5, 5.41) is 12.5. The van der Waals surface area contributed by atoms with Crippen LogP contribution in [0.1, 0.15) is 40.5 Å². The number of benzene rings is 1. The number of aryl methyl sites for hydroxylation is 2. The lowest BCUT2D eigenvalue weighted by Gasteiger charge is -2.37. The van der Waals surface area contributed by atoms with Crippen LogP contribution in [0.4, 0.5) is 0 Å². The number of amides is 1. The molecule has 0 bridgehead atoms. The summed E-state index contributed by atoms with van der Waals surface area (Å²) in [5.41, 5.74) is 3.51. The highest BCUT2D eigenvalue weighted by molar-refractivity contribution is 7.10. The van der Waals surface area contributed by atoms with Crippen molar-refractivity contribution in [2.75, 3.05) is 39.5 Å². The van der Waals surface area contributed by atoms with E-state index in [1.54, 1.807) is 17.4 Å². The number of hydrogen-bond donors (Lipinski definition) is 1. The lowest BCUT2D eigenvalue weighted by molar-refractivity contribution is -0.136. The van der Waals surface area contributed by atoms with Crippen molar-refractivity contribution in [3.05, 3.63) is 63.9 Å². The van der Waals surface area contributed by atoms with Crippen LogP contribution in [0.15, 0.2) is 42.3 Å². The minimum absolute atomic E-state index is 0.0946. The predicted molar refractivity (Wildman–Crippen MR) is 136 cm³/mol. The molecule has 6 nitrogen and oxygen atoms in total. The summed E-state index contributed by atoms with van der Waals surface area (Å²) in [5.74, 6) is 0.958. The molecule has 1 saturated carbocycles. The quantitative estimate of drug-likeness (QED) is 0.366. The van der Waals surface area contributed by atoms with Gasteiger partial charge in [0, 0.05) is 24.0 Å². The largest absolute Gasteiger partial charge is 0.491 e. The van der Waals surface area contributed by atoms with Crippen molar-refractivity contribution in [2.24, 2.45) is 0 Å². The van der Waals surface area contributed by atoms with Crippen molar-refractivity contribution in [1.29, 1.82) is 0 Å². The highest BCUT2D eigenvalue weighted by atomic mass is 32.1. The number of hydrogen-bond acceptors (Lipinski definition) is 6. The van der Waals surface area contributed by atoms with E-state index in [2.05, 4.69) is 48.9 Å². The van der Waals surface area contributed by atoms with Gasteiger partial charge in [-0.1, -0.05) is 23.8 Å². The van der Waals surface area contributed by atoms with Gasteiger partial charge in [-0.2, -0.15) is 0 Å². The first kappa shape index (κ1) is 24.9. The van der Waals surface area contributed by atoms with Gasteiger partial charge in [0.05, 0.1) is 31.9 Å². The van der Waals surface area contributed by atoms with Crippen LogP contribution in [0.2, 0.25) is 0 Å². The summed E-state index contributed by atoms with van der Waals surface area (Å²) in [6.45, 7) is 10.3. The second kappa shape index (κ2) is 11.5. The summed E-state index contributed by atoms with van der Waals surface area (Å²) >= 11 is 1.76. The Bertz CT molecular complexity index is 987. The molecule has 1 aromatic heterocycles. The van der Waals surface area contributed by atoms with Gasteiger partial charge in [-0.25, -0.2) is 0 Å². The topological polar surface area (TPSA) is 62.2 Å². The molecule has 184 valence electrons. The van der Waals surface area contributed by atoms with Crippen molar-refractivity contribution in [1.82, 2.24) is 9.80 Å². The monoisotopic (exact) mass is 484 g/mol. The van der Waals surface area contributed by atoms with Crippen molar-refractivity contribution < 1.29 is 19.4 Å². The molecule has 2 atom stereocenters. The first-order chi connectivity index (χ1) is 16.5. The Morgan fingerprint density at radius 1 is 1.35 bits per heavy atom. The van der Waals surface area contributed by atoms with Crippen LogP contribution in [0, 0.1) is 13.8 Å². The molecular formula is C27H36N2O4S. The first-order valence-electron chi connectivity index (χ1n) is 12.1. The zero-order valence-electron chi connectivity index (χ0n) is 20.2. The molecule has 1 aliphatic heterocycles. The van der Waals surface area contributed by atoms with E-state index < -0.39 is 6.10 Å². The molecule has 0 unspecified atom stereocenters. The van der Waals surface area contributed by atoms with E-state index in [1.165, 1.54) is 16.0 Å². The molecular weight excluding hydrogens is 448 g/mol. The standard InChI is InChI=1S/C27H36N2O4S/c1-4-12-32-17-22(30)15-28(21-6-7-21)16-27(31)29-11-9-26-23(10-13-34-26)24(29)18-33-25-8-5-19(2)14-20(25)3/h4-5,8,10,13-14,21-22,24,30H,1,6-7,9,11-12,15-18H2,2-3H3/t22-,24-/m1/s1. The van der Waals surface area contributed by atoms with Gasteiger partial charge in [0.15, 0.2) is 0 Å². The highest BCUT2D eigenvalue weighted by Crippen LogP contribution is 2.35. The fourth-order valence-electron chi connectivity index (χ4n) is 4.66. The zero-order valence-corrected chi connectivity index (χ0v) is 21.1. The van der Waals surface area contributed by atoms with Crippen LogP contribution in [0.5, 0.6) is 5.75 Å². The summed E-state index contributed by atoms with van der Waals surface area (Å²) in [6.07, 6.45) is 4.06. The van der Waals surface area contributed by atoms with E-state index in [9.17, 15) is 9.90 Å². The number of fused-ring (bicyclic) bond motifs is 1. The van der Waals surface area contributed by atoms with Crippen LogP contribution in [-0.4, -0.2) is 72.4 Å². The first-order valence-corrected chi connectivity index (χ1v) is 13.0. The predicted octanol–water partition coefficient (Wildman–Crippen LogP) is 3.90. The van der Waals surface area contributed by atoms with Crippen LogP contribution in [-0.2, 0) is 16.0 Å². The minimum atomic E-state index is -0.623. The third-order valence-corrected chi connectivity index (χ3v) is 7.53. The van der Waals surface area contributed by atoms with Crippen molar-refractivity contribution in [2.45, 2.75) is 51.3 Å². The van der Waals surface area contributed by atoms with Crippen LogP contribution < -0.4 is 4.74 Å². The molecule has 2 aromatic rings. The molecule has 2 heterocycles. The summed E-state index contributed by atoms with van der Waals surface area (Å²) in [4.78, 5) is 19.0. The second-order valence-electron chi connectivity index (χ2n) is 9.37. The van der Waals surface area contributed by atoms with E-state index >= 15 is 0 Å². The summed E-state index contributed by atoms with van der Waals surface area (Å²) < 4.78 is 11.7. The van der Waals surface area contributed by atoms with E-state index in [0.717, 1.165) is 30.6 Å². The van der Waals surface area contributed by atoms with Crippen LogP contribution >= 0.6 is 11.3 Å². The molecule has 0 spiro atoms. The molecule has 1 amide bonds. The molecule has 34 heavy (non-hydrogen) atoms. The Kier molecular flexibility index (Phi) is 8.42. The molecule has 0 saturated heterocycles. The van der Waals surface area contributed by atoms with Gasteiger partial charge in [-0.05, 0) is 61.7 Å². The van der Waals surface area contributed by atoms with E-state index in [4.69, 9.17) is 9.47 Å². The maximum absolute atomic E-state index is 13.6. The molecule has 0 radical (unpaired) electrons. The molecule has 7 heteroatoms. The SMILES string of the molecule is C=CCOC[C@H](O)CN(CC(=O)N1CCc2sccc2[C@H]1COc1ccc(C)cc1C)C1CC1. The van der Waals surface area contributed by atoms with Gasteiger partial charge in [-0.15, -0.1) is 17.9 Å². The second-order valence-corrected chi connectivity index (χ2v) is 10.4. The fourth-order valence-corrected chi connectivity index (χ4v) is 5.59. The van der Waals surface area contributed by atoms with Crippen LogP contribution in [0.25, 0.3) is 0 Å². The smallest absolute Gasteiger partial charge is 0.237 e. The maximum atomic E-state index is 13.6. The van der Waals surface area contributed by atoms with Gasteiger partial charge in [0.25, 0.3) is 0 Å². The maximum Gasteiger partial charge on any atom is 0.237 e. The molecule has 1 aliphatic carbocycles. The van der Waals surface area contributed by atoms with E-state index in [-0.39, 0.29) is 18.6 Å². The Morgan fingerprint density at radius 2 is 2.18 bits per heavy atom. The van der Waals surface area contributed by atoms with Gasteiger partial charge in [-0.3, -0.25) is 9.69 Å². The average Bonchev–Trinajstić information content (AvgIpc) is 3.54. The molecule has 1 aromatic carbocycles. The number of ether oxygens (including phenoxy) is 2. The Hall–Kier alpha value is -2.19. The molecule has 1 N–H and O–H groups in total. The van der Waals surface area contributed by atoms with Crippen molar-refractivity contribution >= 4 is 17.2 Å². The minimum Gasteiger partial charge on any atom is -0.491 e. The zero-order chi connectivity index (χ0) is 24.1. The summed E-state index contributed by atoms with van der Waals surface area (Å²) in [7, 11) is 0. The van der Waals surface area contributed by atoms with Gasteiger partial charge in [0.1, 0.15) is 12.4 Å². The molecule has 1 fully saturated rings. The number of carbonyl (C=O) groups is 1. The third-order valence-electron chi connectivity index (χ3n) is 6.54. The number of aliphatic hydroxyl groups excluding tert-OH is 1. The number of carbonyl (C=O) groups excluding carboxylic acids is 1. The number of aliphatic hydroxyl groups is 1. The van der Waals surface area contributed by atoms with Crippen molar-refractivity contribution in [3.8, 4) is 5.75 Å². The normalized spacial score (nSPS) is 18.6. The van der Waals surface area contributed by atoms with Gasteiger partial charge < -0.3 is 19.5 Å². The third kappa shape index (κ3) is 6.27. The molecule has 4 rings (SSSR count). The highest BCUT2D eigenvalue weighted by Gasteiger charge is 2.36. The Balaban J connectivity index is 1.43. The van der Waals surface area contributed by atoms with E-state index in [1.807, 2.05) is 11.0 Å². The van der Waals surface area contributed by atoms with Crippen molar-refractivity contribution in [3.63, 3.8) is 0 Å². The average molecular weight is 485 g/mol. The number of nitrogens with zero attached hydrogens (tertiary/aromatic N) is 2.